The number of hydrogen-bond donors (Lipinski definition) is 1. The molecular weight excluding hydrogens is 228 g/mol. The zero-order chi connectivity index (χ0) is 11.3. The van der Waals surface area contributed by atoms with Gasteiger partial charge in [-0.05, 0) is 32.6 Å². The van der Waals surface area contributed by atoms with Crippen molar-refractivity contribution >= 4 is 22.9 Å². The predicted molar refractivity (Wildman–Crippen MR) is 68.8 cm³/mol. The van der Waals surface area contributed by atoms with E-state index in [0.29, 0.717) is 6.04 Å². The lowest BCUT2D eigenvalue weighted by Gasteiger charge is -2.20. The summed E-state index contributed by atoms with van der Waals surface area (Å²) in [6, 6.07) is 4.54. The van der Waals surface area contributed by atoms with Crippen LogP contribution in [0.3, 0.4) is 0 Å². The maximum absolute atomic E-state index is 5.87. The second kappa shape index (κ2) is 6.48. The van der Waals surface area contributed by atoms with Crippen molar-refractivity contribution in [2.45, 2.75) is 26.4 Å². The highest BCUT2D eigenvalue weighted by Gasteiger charge is 2.05. The Morgan fingerprint density at radius 1 is 1.53 bits per heavy atom. The number of halogens is 1. The van der Waals surface area contributed by atoms with Gasteiger partial charge in [0, 0.05) is 24.0 Å². The average Bonchev–Trinajstić information content (AvgIpc) is 2.61. The van der Waals surface area contributed by atoms with Crippen LogP contribution >= 0.6 is 22.9 Å². The summed E-state index contributed by atoms with van der Waals surface area (Å²) in [5.74, 6) is 0. The van der Waals surface area contributed by atoms with Crippen molar-refractivity contribution in [3.05, 3.63) is 21.3 Å². The Labute approximate surface area is 101 Å². The molecule has 0 radical (unpaired) electrons. The maximum Gasteiger partial charge on any atom is 0.0931 e. The van der Waals surface area contributed by atoms with Gasteiger partial charge in [0.05, 0.1) is 4.34 Å². The highest BCUT2D eigenvalue weighted by atomic mass is 35.5. The minimum atomic E-state index is 0.510. The van der Waals surface area contributed by atoms with E-state index >= 15 is 0 Å². The highest BCUT2D eigenvalue weighted by Crippen LogP contribution is 2.21. The number of hydrogen-bond acceptors (Lipinski definition) is 3. The van der Waals surface area contributed by atoms with Gasteiger partial charge < -0.3 is 10.2 Å². The number of nitrogens with one attached hydrogen (secondary N) is 1. The first kappa shape index (κ1) is 13.0. The van der Waals surface area contributed by atoms with Crippen LogP contribution in [0.25, 0.3) is 0 Å². The Balaban J connectivity index is 2.25. The summed E-state index contributed by atoms with van der Waals surface area (Å²) in [4.78, 5) is 3.60. The molecule has 0 bridgehead atoms. The molecule has 0 amide bonds. The highest BCUT2D eigenvalue weighted by molar-refractivity contribution is 7.16. The van der Waals surface area contributed by atoms with Gasteiger partial charge in [0.1, 0.15) is 0 Å². The Morgan fingerprint density at radius 3 is 2.80 bits per heavy atom. The summed E-state index contributed by atoms with van der Waals surface area (Å²) in [6.45, 7) is 7.47. The molecule has 1 atom stereocenters. The van der Waals surface area contributed by atoms with Gasteiger partial charge in [-0.3, -0.25) is 0 Å². The molecule has 2 nitrogen and oxygen atoms in total. The summed E-state index contributed by atoms with van der Waals surface area (Å²) in [5, 5.41) is 3.49. The lowest BCUT2D eigenvalue weighted by molar-refractivity contribution is 0.310. The van der Waals surface area contributed by atoms with Crippen LogP contribution in [0.5, 0.6) is 0 Å². The Morgan fingerprint density at radius 2 is 2.27 bits per heavy atom. The van der Waals surface area contributed by atoms with E-state index in [1.54, 1.807) is 11.3 Å². The van der Waals surface area contributed by atoms with Crippen molar-refractivity contribution < 1.29 is 0 Å². The summed E-state index contributed by atoms with van der Waals surface area (Å²) in [7, 11) is 2.14. The molecule has 1 heterocycles. The molecule has 1 unspecified atom stereocenters. The van der Waals surface area contributed by atoms with E-state index in [1.165, 1.54) is 4.88 Å². The SMILES string of the molecule is CCN(C)CC(C)NCc1ccc(Cl)s1. The minimum Gasteiger partial charge on any atom is -0.308 e. The third-order valence-corrected chi connectivity index (χ3v) is 3.61. The molecule has 0 fully saturated rings. The monoisotopic (exact) mass is 246 g/mol. The molecule has 0 saturated heterocycles. The molecular formula is C11H19ClN2S. The van der Waals surface area contributed by atoms with Crippen LogP contribution in [0.15, 0.2) is 12.1 Å². The molecule has 1 N–H and O–H groups in total. The van der Waals surface area contributed by atoms with Gasteiger partial charge in [-0.15, -0.1) is 11.3 Å². The molecule has 1 aromatic rings. The van der Waals surface area contributed by atoms with E-state index in [4.69, 9.17) is 11.6 Å². The fourth-order valence-corrected chi connectivity index (χ4v) is 2.42. The summed E-state index contributed by atoms with van der Waals surface area (Å²) in [6.07, 6.45) is 0. The van der Waals surface area contributed by atoms with E-state index in [2.05, 4.69) is 37.2 Å². The molecule has 0 spiro atoms. The molecule has 4 heteroatoms. The molecule has 0 aromatic carbocycles. The third kappa shape index (κ3) is 4.98. The van der Waals surface area contributed by atoms with Crippen LogP contribution in [-0.2, 0) is 6.54 Å². The zero-order valence-electron chi connectivity index (χ0n) is 9.59. The van der Waals surface area contributed by atoms with Crippen LogP contribution < -0.4 is 5.32 Å². The molecule has 0 saturated carbocycles. The number of likely N-dealkylation sites (N-methyl/N-ethyl adjacent to an activating group) is 1. The molecule has 15 heavy (non-hydrogen) atoms. The van der Waals surface area contributed by atoms with Crippen molar-refractivity contribution in [3.63, 3.8) is 0 Å². The van der Waals surface area contributed by atoms with Gasteiger partial charge >= 0.3 is 0 Å². The number of nitrogens with zero attached hydrogens (tertiary/aromatic N) is 1. The topological polar surface area (TPSA) is 15.3 Å². The molecule has 1 aromatic heterocycles. The molecule has 0 aliphatic heterocycles. The van der Waals surface area contributed by atoms with Crippen molar-refractivity contribution in [2.24, 2.45) is 0 Å². The Kier molecular flexibility index (Phi) is 5.61. The first-order valence-corrected chi connectivity index (χ1v) is 6.47. The maximum atomic E-state index is 5.87. The van der Waals surface area contributed by atoms with Gasteiger partial charge in [0.25, 0.3) is 0 Å². The van der Waals surface area contributed by atoms with Crippen molar-refractivity contribution in [3.8, 4) is 0 Å². The quantitative estimate of drug-likeness (QED) is 0.831. The van der Waals surface area contributed by atoms with E-state index < -0.39 is 0 Å². The van der Waals surface area contributed by atoms with Crippen molar-refractivity contribution in [1.82, 2.24) is 10.2 Å². The third-order valence-electron chi connectivity index (χ3n) is 2.38. The van der Waals surface area contributed by atoms with Gasteiger partial charge in [-0.1, -0.05) is 18.5 Å². The standard InChI is InChI=1S/C11H19ClN2S/c1-4-14(3)8-9(2)13-7-10-5-6-11(12)15-10/h5-6,9,13H,4,7-8H2,1-3H3. The van der Waals surface area contributed by atoms with E-state index in [-0.39, 0.29) is 0 Å². The van der Waals surface area contributed by atoms with Gasteiger partial charge in [0.2, 0.25) is 0 Å². The summed E-state index contributed by atoms with van der Waals surface area (Å²) < 4.78 is 0.866. The second-order valence-electron chi connectivity index (χ2n) is 3.84. The van der Waals surface area contributed by atoms with Crippen LogP contribution in [0.4, 0.5) is 0 Å². The van der Waals surface area contributed by atoms with Gasteiger partial charge in [0.15, 0.2) is 0 Å². The van der Waals surface area contributed by atoms with Crippen LogP contribution in [0.2, 0.25) is 4.34 Å². The fraction of sp³-hybridized carbons (Fsp3) is 0.636. The van der Waals surface area contributed by atoms with E-state index in [1.807, 2.05) is 6.07 Å². The van der Waals surface area contributed by atoms with Crippen LogP contribution in [0, 0.1) is 0 Å². The smallest absolute Gasteiger partial charge is 0.0931 e. The summed E-state index contributed by atoms with van der Waals surface area (Å²) in [5.41, 5.74) is 0. The largest absolute Gasteiger partial charge is 0.308 e. The van der Waals surface area contributed by atoms with Crippen LogP contribution in [-0.4, -0.2) is 31.1 Å². The first-order valence-electron chi connectivity index (χ1n) is 5.28. The summed E-state index contributed by atoms with van der Waals surface area (Å²) >= 11 is 7.51. The second-order valence-corrected chi connectivity index (χ2v) is 5.64. The van der Waals surface area contributed by atoms with Crippen LogP contribution in [0.1, 0.15) is 18.7 Å². The Bertz CT molecular complexity index is 288. The molecule has 86 valence electrons. The van der Waals surface area contributed by atoms with Gasteiger partial charge in [-0.25, -0.2) is 0 Å². The van der Waals surface area contributed by atoms with Crippen molar-refractivity contribution in [1.29, 1.82) is 0 Å². The lowest BCUT2D eigenvalue weighted by Crippen LogP contribution is -2.36. The fourth-order valence-electron chi connectivity index (χ4n) is 1.38. The minimum absolute atomic E-state index is 0.510. The molecule has 1 rings (SSSR count). The average molecular weight is 247 g/mol. The zero-order valence-corrected chi connectivity index (χ0v) is 11.2. The normalized spacial score (nSPS) is 13.4. The van der Waals surface area contributed by atoms with E-state index in [9.17, 15) is 0 Å². The predicted octanol–water partition coefficient (Wildman–Crippen LogP) is 2.83. The molecule has 0 aliphatic carbocycles. The first-order chi connectivity index (χ1) is 7.11. The molecule has 0 aliphatic rings. The Hall–Kier alpha value is -0.0900. The van der Waals surface area contributed by atoms with E-state index in [0.717, 1.165) is 24.0 Å². The van der Waals surface area contributed by atoms with Gasteiger partial charge in [-0.2, -0.15) is 0 Å². The number of rotatable bonds is 6. The van der Waals surface area contributed by atoms with Crippen molar-refractivity contribution in [2.75, 3.05) is 20.1 Å². The lowest BCUT2D eigenvalue weighted by atomic mass is 10.3. The number of thiophene rings is 1.